The van der Waals surface area contributed by atoms with Crippen LogP contribution in [0, 0.1) is 0 Å². The third kappa shape index (κ3) is 5.90. The Morgan fingerprint density at radius 3 is 2.17 bits per heavy atom. The van der Waals surface area contributed by atoms with Gasteiger partial charge >= 0.3 is 12.1 Å². The molecule has 2 aromatic carbocycles. The quantitative estimate of drug-likeness (QED) is 0.519. The number of benzene rings is 2. The highest BCUT2D eigenvalue weighted by Gasteiger charge is 2.36. The Hall–Kier alpha value is -2.91. The molecule has 0 bridgehead atoms. The first kappa shape index (κ1) is 26.2. The number of rotatable bonds is 7. The van der Waals surface area contributed by atoms with E-state index in [2.05, 4.69) is 24.3 Å². The third-order valence-electron chi connectivity index (χ3n) is 6.56. The van der Waals surface area contributed by atoms with Crippen molar-refractivity contribution in [1.82, 2.24) is 9.21 Å². The van der Waals surface area contributed by atoms with E-state index in [1.54, 1.807) is 25.7 Å². The van der Waals surface area contributed by atoms with E-state index in [1.165, 1.54) is 0 Å². The van der Waals surface area contributed by atoms with Gasteiger partial charge < -0.3 is 14.4 Å². The number of esters is 1. The molecule has 0 unspecified atom stereocenters. The zero-order valence-electron chi connectivity index (χ0n) is 21.3. The zero-order valence-corrected chi connectivity index (χ0v) is 22.1. The van der Waals surface area contributed by atoms with Crippen LogP contribution >= 0.6 is 0 Å². The monoisotopic (exact) mass is 514 g/mol. The second-order valence-corrected chi connectivity index (χ2v) is 12.4. The van der Waals surface area contributed by atoms with E-state index in [-0.39, 0.29) is 25.1 Å². The summed E-state index contributed by atoms with van der Waals surface area (Å²) >= 11 is 0. The zero-order chi connectivity index (χ0) is 26.1. The van der Waals surface area contributed by atoms with Crippen LogP contribution in [0.5, 0.6) is 0 Å². The number of amides is 1. The van der Waals surface area contributed by atoms with Crippen molar-refractivity contribution in [2.45, 2.75) is 51.2 Å². The Labute approximate surface area is 213 Å². The van der Waals surface area contributed by atoms with Gasteiger partial charge in [0.25, 0.3) is 0 Å². The van der Waals surface area contributed by atoms with Gasteiger partial charge in [0.2, 0.25) is 10.0 Å². The van der Waals surface area contributed by atoms with Crippen LogP contribution in [0.25, 0.3) is 11.1 Å². The van der Waals surface area contributed by atoms with E-state index in [0.29, 0.717) is 13.0 Å². The first-order valence-corrected chi connectivity index (χ1v) is 14.1. The summed E-state index contributed by atoms with van der Waals surface area (Å²) in [5.74, 6) is -0.680. The Kier molecular flexibility index (Phi) is 7.43. The lowest BCUT2D eigenvalue weighted by Crippen LogP contribution is -2.47. The molecule has 0 spiro atoms. The molecule has 1 aliphatic heterocycles. The number of nitrogens with zero attached hydrogens (tertiary/aromatic N) is 2. The molecular formula is C27H34N2O6S. The summed E-state index contributed by atoms with van der Waals surface area (Å²) in [6.45, 7) is 5.48. The number of likely N-dealkylation sites (tertiary alicyclic amines) is 1. The van der Waals surface area contributed by atoms with Crippen LogP contribution in [0.1, 0.15) is 50.7 Å². The number of ether oxygens (including phenoxy) is 2. The average Bonchev–Trinajstić information content (AvgIpc) is 3.38. The minimum absolute atomic E-state index is 0.0161. The fourth-order valence-corrected chi connectivity index (χ4v) is 5.80. The highest BCUT2D eigenvalue weighted by Crippen LogP contribution is 2.44. The van der Waals surface area contributed by atoms with E-state index in [0.717, 1.165) is 39.2 Å². The lowest BCUT2D eigenvalue weighted by atomic mass is 9.98. The second kappa shape index (κ2) is 10.2. The van der Waals surface area contributed by atoms with Crippen molar-refractivity contribution in [3.63, 3.8) is 0 Å². The Balaban J connectivity index is 1.43. The van der Waals surface area contributed by atoms with Gasteiger partial charge in [-0.25, -0.2) is 13.2 Å². The van der Waals surface area contributed by atoms with Crippen LogP contribution in [-0.2, 0) is 24.3 Å². The molecule has 8 nitrogen and oxygen atoms in total. The molecule has 1 atom stereocenters. The smallest absolute Gasteiger partial charge is 0.410 e. The fraction of sp³-hybridized carbons (Fsp3) is 0.481. The molecule has 1 aliphatic carbocycles. The summed E-state index contributed by atoms with van der Waals surface area (Å²) in [5, 5.41) is 0. The molecule has 0 N–H and O–H groups in total. The summed E-state index contributed by atoms with van der Waals surface area (Å²) in [6, 6.07) is 15.9. The molecule has 194 valence electrons. The number of hydrogen-bond donors (Lipinski definition) is 0. The van der Waals surface area contributed by atoms with Gasteiger partial charge in [0.1, 0.15) is 18.8 Å². The van der Waals surface area contributed by atoms with E-state index in [9.17, 15) is 18.0 Å². The summed E-state index contributed by atoms with van der Waals surface area (Å²) < 4.78 is 37.0. The first-order valence-electron chi connectivity index (χ1n) is 12.2. The summed E-state index contributed by atoms with van der Waals surface area (Å²) in [7, 11) is -3.69. The molecule has 9 heteroatoms. The Bertz CT molecular complexity index is 1190. The molecular weight excluding hydrogens is 480 g/mol. The first-order chi connectivity index (χ1) is 16.9. The van der Waals surface area contributed by atoms with Gasteiger partial charge in [-0.1, -0.05) is 48.5 Å². The van der Waals surface area contributed by atoms with E-state index in [4.69, 9.17) is 9.47 Å². The predicted molar refractivity (Wildman–Crippen MR) is 137 cm³/mol. The highest BCUT2D eigenvalue weighted by atomic mass is 32.2. The minimum Gasteiger partial charge on any atom is -0.459 e. The molecule has 1 amide bonds. The van der Waals surface area contributed by atoms with Crippen molar-refractivity contribution >= 4 is 22.1 Å². The standard InChI is InChI=1S/C27H34N2O6S/c1-27(2,3)35-25(30)17-28(36(4,32)33)16-19-10-9-15-29(19)26(31)34-18-24-22-13-7-5-11-20(22)21-12-6-8-14-23(21)24/h5-8,11-14,19,24H,9-10,15-18H2,1-4H3/t19-/m1/s1. The molecule has 1 saturated heterocycles. The van der Waals surface area contributed by atoms with Crippen LogP contribution < -0.4 is 0 Å². The van der Waals surface area contributed by atoms with E-state index in [1.807, 2.05) is 24.3 Å². The lowest BCUT2D eigenvalue weighted by Gasteiger charge is -2.30. The van der Waals surface area contributed by atoms with Gasteiger partial charge in [0, 0.05) is 25.0 Å². The van der Waals surface area contributed by atoms with Crippen LogP contribution in [-0.4, -0.2) is 73.8 Å². The maximum Gasteiger partial charge on any atom is 0.410 e. The SMILES string of the molecule is CC(C)(C)OC(=O)CN(C[C@H]1CCCN1C(=O)OCC1c2ccccc2-c2ccccc21)S(C)(=O)=O. The predicted octanol–water partition coefficient (Wildman–Crippen LogP) is 4.00. The normalized spacial score (nSPS) is 17.7. The highest BCUT2D eigenvalue weighted by molar-refractivity contribution is 7.88. The third-order valence-corrected chi connectivity index (χ3v) is 7.77. The summed E-state index contributed by atoms with van der Waals surface area (Å²) in [5.41, 5.74) is 3.84. The van der Waals surface area contributed by atoms with Crippen LogP contribution in [0.4, 0.5) is 4.79 Å². The molecule has 36 heavy (non-hydrogen) atoms. The molecule has 0 radical (unpaired) electrons. The van der Waals surface area contributed by atoms with Gasteiger partial charge in [-0.05, 0) is 55.9 Å². The summed E-state index contributed by atoms with van der Waals surface area (Å²) in [4.78, 5) is 27.0. The Morgan fingerprint density at radius 1 is 1.03 bits per heavy atom. The van der Waals surface area contributed by atoms with Crippen molar-refractivity contribution < 1.29 is 27.5 Å². The van der Waals surface area contributed by atoms with Crippen molar-refractivity contribution in [2.24, 2.45) is 0 Å². The maximum atomic E-state index is 13.1. The topological polar surface area (TPSA) is 93.2 Å². The minimum atomic E-state index is -3.69. The van der Waals surface area contributed by atoms with Gasteiger partial charge in [-0.3, -0.25) is 4.79 Å². The second-order valence-electron chi connectivity index (χ2n) is 10.4. The average molecular weight is 515 g/mol. The number of carbonyl (C=O) groups is 2. The number of sulfonamides is 1. The van der Waals surface area contributed by atoms with Crippen LogP contribution in [0.15, 0.2) is 48.5 Å². The molecule has 0 saturated carbocycles. The van der Waals surface area contributed by atoms with Crippen LogP contribution in [0.3, 0.4) is 0 Å². The van der Waals surface area contributed by atoms with Crippen molar-refractivity contribution in [2.75, 3.05) is 32.5 Å². The fourth-order valence-electron chi connectivity index (χ4n) is 5.01. The molecule has 1 heterocycles. The van der Waals surface area contributed by atoms with Gasteiger partial charge in [-0.2, -0.15) is 4.31 Å². The summed E-state index contributed by atoms with van der Waals surface area (Å²) in [6.07, 6.45) is 1.96. The molecule has 1 fully saturated rings. The largest absolute Gasteiger partial charge is 0.459 e. The van der Waals surface area contributed by atoms with Crippen molar-refractivity contribution in [3.05, 3.63) is 59.7 Å². The molecule has 2 aliphatic rings. The van der Waals surface area contributed by atoms with Crippen molar-refractivity contribution in [1.29, 1.82) is 0 Å². The number of carbonyl (C=O) groups excluding carboxylic acids is 2. The van der Waals surface area contributed by atoms with E-state index >= 15 is 0 Å². The van der Waals surface area contributed by atoms with Crippen LogP contribution in [0.2, 0.25) is 0 Å². The number of fused-ring (bicyclic) bond motifs is 3. The lowest BCUT2D eigenvalue weighted by molar-refractivity contribution is -0.155. The van der Waals surface area contributed by atoms with Gasteiger partial charge in [-0.15, -0.1) is 0 Å². The maximum absolute atomic E-state index is 13.1. The van der Waals surface area contributed by atoms with E-state index < -0.39 is 34.2 Å². The molecule has 0 aromatic heterocycles. The molecule has 2 aromatic rings. The van der Waals surface area contributed by atoms with Gasteiger partial charge in [0.05, 0.1) is 6.26 Å². The number of hydrogen-bond acceptors (Lipinski definition) is 6. The molecule has 4 rings (SSSR count). The van der Waals surface area contributed by atoms with Crippen molar-refractivity contribution in [3.8, 4) is 11.1 Å². The Morgan fingerprint density at radius 2 is 1.61 bits per heavy atom. The van der Waals surface area contributed by atoms with Gasteiger partial charge in [0.15, 0.2) is 0 Å².